The number of rotatable bonds is 5. The fraction of sp³-hybridized carbons (Fsp3) is 0.733. The van der Waals surface area contributed by atoms with Gasteiger partial charge in [0, 0.05) is 12.1 Å². The Morgan fingerprint density at radius 3 is 2.53 bits per heavy atom. The third-order valence-corrected chi connectivity index (χ3v) is 5.79. The highest BCUT2D eigenvalue weighted by atomic mass is 35.5. The summed E-state index contributed by atoms with van der Waals surface area (Å²) in [6.45, 7) is 4.47. The first kappa shape index (κ1) is 15.6. The summed E-state index contributed by atoms with van der Waals surface area (Å²) in [7, 11) is 0. The molecule has 1 nitrogen and oxygen atoms in total. The van der Waals surface area contributed by atoms with Gasteiger partial charge in [-0.05, 0) is 43.7 Å². The zero-order valence-corrected chi connectivity index (χ0v) is 14.0. The van der Waals surface area contributed by atoms with Gasteiger partial charge in [0.1, 0.15) is 0 Å². The van der Waals surface area contributed by atoms with Crippen molar-refractivity contribution in [2.24, 2.45) is 5.92 Å². The summed E-state index contributed by atoms with van der Waals surface area (Å²) in [5, 5.41) is 3.77. The van der Waals surface area contributed by atoms with Gasteiger partial charge in [-0.2, -0.15) is 0 Å². The van der Waals surface area contributed by atoms with Crippen LogP contribution in [-0.4, -0.2) is 6.04 Å². The van der Waals surface area contributed by atoms with Crippen molar-refractivity contribution in [3.05, 3.63) is 20.3 Å². The molecule has 2 rings (SSSR count). The van der Waals surface area contributed by atoms with Crippen LogP contribution in [0.2, 0.25) is 8.67 Å². The summed E-state index contributed by atoms with van der Waals surface area (Å²) in [6.07, 6.45) is 8.12. The second kappa shape index (κ2) is 7.31. The Hall–Kier alpha value is 0.240. The van der Waals surface area contributed by atoms with E-state index < -0.39 is 0 Å². The molecule has 1 saturated carbocycles. The van der Waals surface area contributed by atoms with Gasteiger partial charge in [0.15, 0.2) is 0 Å². The summed E-state index contributed by atoms with van der Waals surface area (Å²) >= 11 is 13.7. The molecule has 0 bridgehead atoms. The van der Waals surface area contributed by atoms with Crippen molar-refractivity contribution in [3.63, 3.8) is 0 Å². The van der Waals surface area contributed by atoms with Gasteiger partial charge in [-0.15, -0.1) is 11.3 Å². The molecule has 1 heterocycles. The standard InChI is InChI=1S/C15H23Cl2NS/c1-3-13(11-7-5-4-6-8-11)18-10(2)12-9-14(16)19-15(12)17/h9-11,13,18H,3-8H2,1-2H3. The van der Waals surface area contributed by atoms with Crippen molar-refractivity contribution >= 4 is 34.5 Å². The van der Waals surface area contributed by atoms with Crippen LogP contribution >= 0.6 is 34.5 Å². The first-order valence-electron chi connectivity index (χ1n) is 7.32. The van der Waals surface area contributed by atoms with Crippen LogP contribution in [0.5, 0.6) is 0 Å². The second-order valence-corrected chi connectivity index (χ2v) is 7.87. The smallest absolute Gasteiger partial charge is 0.0991 e. The maximum atomic E-state index is 6.25. The van der Waals surface area contributed by atoms with Gasteiger partial charge in [-0.3, -0.25) is 0 Å². The summed E-state index contributed by atoms with van der Waals surface area (Å²) in [5.74, 6) is 0.828. The fourth-order valence-corrected chi connectivity index (χ4v) is 4.83. The van der Waals surface area contributed by atoms with E-state index >= 15 is 0 Å². The van der Waals surface area contributed by atoms with E-state index in [9.17, 15) is 0 Å². The highest BCUT2D eigenvalue weighted by Gasteiger charge is 2.24. The molecule has 0 aliphatic heterocycles. The topological polar surface area (TPSA) is 12.0 Å². The van der Waals surface area contributed by atoms with Crippen molar-refractivity contribution in [1.82, 2.24) is 5.32 Å². The van der Waals surface area contributed by atoms with E-state index in [2.05, 4.69) is 19.2 Å². The molecule has 19 heavy (non-hydrogen) atoms. The normalized spacial score (nSPS) is 20.4. The Kier molecular flexibility index (Phi) is 6.01. The molecule has 0 amide bonds. The van der Waals surface area contributed by atoms with E-state index in [-0.39, 0.29) is 6.04 Å². The van der Waals surface area contributed by atoms with E-state index in [0.29, 0.717) is 6.04 Å². The quantitative estimate of drug-likeness (QED) is 0.695. The average molecular weight is 320 g/mol. The molecule has 2 atom stereocenters. The summed E-state index contributed by atoms with van der Waals surface area (Å²) < 4.78 is 1.60. The van der Waals surface area contributed by atoms with E-state index in [4.69, 9.17) is 23.2 Å². The van der Waals surface area contributed by atoms with Crippen molar-refractivity contribution in [1.29, 1.82) is 0 Å². The van der Waals surface area contributed by atoms with E-state index in [1.165, 1.54) is 49.9 Å². The Bertz CT molecular complexity index is 399. The minimum absolute atomic E-state index is 0.281. The molecule has 1 fully saturated rings. The highest BCUT2D eigenvalue weighted by molar-refractivity contribution is 7.20. The molecule has 0 aromatic carbocycles. The van der Waals surface area contributed by atoms with Crippen LogP contribution in [-0.2, 0) is 0 Å². The zero-order valence-electron chi connectivity index (χ0n) is 11.7. The van der Waals surface area contributed by atoms with Gasteiger partial charge >= 0.3 is 0 Å². The second-order valence-electron chi connectivity index (χ2n) is 5.58. The molecule has 2 unspecified atom stereocenters. The number of thiophene rings is 1. The zero-order chi connectivity index (χ0) is 13.8. The van der Waals surface area contributed by atoms with Crippen LogP contribution in [0.15, 0.2) is 6.07 Å². The van der Waals surface area contributed by atoms with Gasteiger partial charge in [0.2, 0.25) is 0 Å². The predicted molar refractivity (Wildman–Crippen MR) is 86.5 cm³/mol. The van der Waals surface area contributed by atoms with E-state index in [1.807, 2.05) is 6.07 Å². The first-order valence-corrected chi connectivity index (χ1v) is 8.89. The average Bonchev–Trinajstić information content (AvgIpc) is 2.76. The molecule has 1 N–H and O–H groups in total. The lowest BCUT2D eigenvalue weighted by Crippen LogP contribution is -2.38. The van der Waals surface area contributed by atoms with Crippen molar-refractivity contribution in [2.45, 2.75) is 64.5 Å². The number of hydrogen-bond acceptors (Lipinski definition) is 2. The third-order valence-electron chi connectivity index (χ3n) is 4.27. The molecule has 108 valence electrons. The maximum Gasteiger partial charge on any atom is 0.0991 e. The van der Waals surface area contributed by atoms with Crippen molar-refractivity contribution < 1.29 is 0 Å². The predicted octanol–water partition coefficient (Wildman–Crippen LogP) is 6.06. The fourth-order valence-electron chi connectivity index (χ4n) is 3.18. The highest BCUT2D eigenvalue weighted by Crippen LogP contribution is 2.36. The van der Waals surface area contributed by atoms with Crippen molar-refractivity contribution in [2.75, 3.05) is 0 Å². The van der Waals surface area contributed by atoms with Gasteiger partial charge < -0.3 is 5.32 Å². The number of nitrogens with one attached hydrogen (secondary N) is 1. The molecule has 0 saturated heterocycles. The number of hydrogen-bond donors (Lipinski definition) is 1. The summed E-state index contributed by atoms with van der Waals surface area (Å²) in [6, 6.07) is 2.88. The molecule has 1 aliphatic carbocycles. The van der Waals surface area contributed by atoms with Crippen molar-refractivity contribution in [3.8, 4) is 0 Å². The van der Waals surface area contributed by atoms with Crippen LogP contribution in [0.3, 0.4) is 0 Å². The summed E-state index contributed by atoms with van der Waals surface area (Å²) in [5.41, 5.74) is 1.14. The Morgan fingerprint density at radius 2 is 2.00 bits per heavy atom. The summed E-state index contributed by atoms with van der Waals surface area (Å²) in [4.78, 5) is 0. The van der Waals surface area contributed by atoms with E-state index in [1.54, 1.807) is 0 Å². The molecular formula is C15H23Cl2NS. The minimum atomic E-state index is 0.281. The van der Waals surface area contributed by atoms with Crippen LogP contribution in [0, 0.1) is 5.92 Å². The molecular weight excluding hydrogens is 297 g/mol. The Morgan fingerprint density at radius 1 is 1.32 bits per heavy atom. The molecule has 1 aliphatic rings. The van der Waals surface area contributed by atoms with Gasteiger partial charge in [-0.1, -0.05) is 49.4 Å². The lowest BCUT2D eigenvalue weighted by Gasteiger charge is -2.32. The molecule has 0 radical (unpaired) electrons. The molecule has 1 aromatic rings. The Labute approximate surface area is 130 Å². The van der Waals surface area contributed by atoms with E-state index in [0.717, 1.165) is 20.2 Å². The number of halogens is 2. The first-order chi connectivity index (χ1) is 9.11. The molecule has 4 heteroatoms. The lowest BCUT2D eigenvalue weighted by molar-refractivity contribution is 0.249. The minimum Gasteiger partial charge on any atom is -0.307 e. The van der Waals surface area contributed by atoms with Gasteiger partial charge in [0.25, 0.3) is 0 Å². The Balaban J connectivity index is 1.99. The maximum absolute atomic E-state index is 6.25. The monoisotopic (exact) mass is 319 g/mol. The molecule has 0 spiro atoms. The van der Waals surface area contributed by atoms with Crippen LogP contribution < -0.4 is 5.32 Å². The van der Waals surface area contributed by atoms with Gasteiger partial charge in [-0.25, -0.2) is 0 Å². The van der Waals surface area contributed by atoms with Gasteiger partial charge in [0.05, 0.1) is 8.67 Å². The molecule has 1 aromatic heterocycles. The van der Waals surface area contributed by atoms with Crippen LogP contribution in [0.25, 0.3) is 0 Å². The third kappa shape index (κ3) is 4.10. The van der Waals surface area contributed by atoms with Crippen LogP contribution in [0.4, 0.5) is 0 Å². The largest absolute Gasteiger partial charge is 0.307 e. The SMILES string of the molecule is CCC(NC(C)c1cc(Cl)sc1Cl)C1CCCCC1. The van der Waals surface area contributed by atoms with Crippen LogP contribution in [0.1, 0.15) is 64.0 Å². The lowest BCUT2D eigenvalue weighted by atomic mass is 9.82.